The molecular formula is C12H23N3O. The topological polar surface area (TPSA) is 44.4 Å². The normalized spacial score (nSPS) is 28.9. The number of likely N-dealkylation sites (tertiary alicyclic amines) is 1. The highest BCUT2D eigenvalue weighted by Crippen LogP contribution is 2.13. The third-order valence-electron chi connectivity index (χ3n) is 3.73. The zero-order valence-electron chi connectivity index (χ0n) is 10.2. The second-order valence-corrected chi connectivity index (χ2v) is 5.13. The summed E-state index contributed by atoms with van der Waals surface area (Å²) in [5.41, 5.74) is 0. The maximum absolute atomic E-state index is 12.0. The van der Waals surface area contributed by atoms with Gasteiger partial charge in [-0.2, -0.15) is 0 Å². The first-order valence-electron chi connectivity index (χ1n) is 6.45. The lowest BCUT2D eigenvalue weighted by atomic mass is 9.97. The Labute approximate surface area is 97.8 Å². The number of carbonyl (C=O) groups is 1. The highest BCUT2D eigenvalue weighted by molar-refractivity contribution is 5.79. The van der Waals surface area contributed by atoms with Crippen LogP contribution in [0.4, 0.5) is 0 Å². The van der Waals surface area contributed by atoms with Crippen LogP contribution in [0, 0.1) is 5.92 Å². The maximum atomic E-state index is 12.0. The Bertz CT molecular complexity index is 230. The summed E-state index contributed by atoms with van der Waals surface area (Å²) in [7, 11) is 2.14. The smallest absolute Gasteiger partial charge is 0.224 e. The van der Waals surface area contributed by atoms with Crippen molar-refractivity contribution in [2.24, 2.45) is 5.92 Å². The van der Waals surface area contributed by atoms with E-state index in [1.165, 1.54) is 0 Å². The number of hydrogen-bond donors (Lipinski definition) is 2. The van der Waals surface area contributed by atoms with E-state index in [0.717, 1.165) is 51.9 Å². The first-order chi connectivity index (χ1) is 7.75. The molecule has 0 aromatic rings. The molecule has 0 saturated carbocycles. The Morgan fingerprint density at radius 3 is 2.69 bits per heavy atom. The number of hydrogen-bond acceptors (Lipinski definition) is 3. The minimum Gasteiger partial charge on any atom is -0.353 e. The molecule has 16 heavy (non-hydrogen) atoms. The van der Waals surface area contributed by atoms with Crippen LogP contribution >= 0.6 is 0 Å². The van der Waals surface area contributed by atoms with E-state index in [1.54, 1.807) is 0 Å². The molecule has 0 spiro atoms. The van der Waals surface area contributed by atoms with E-state index in [0.29, 0.717) is 6.04 Å². The van der Waals surface area contributed by atoms with Crippen LogP contribution in [0.25, 0.3) is 0 Å². The lowest BCUT2D eigenvalue weighted by Gasteiger charge is -2.31. The molecule has 0 aliphatic carbocycles. The monoisotopic (exact) mass is 225 g/mol. The molecule has 2 rings (SSSR count). The van der Waals surface area contributed by atoms with Crippen molar-refractivity contribution in [3.05, 3.63) is 0 Å². The summed E-state index contributed by atoms with van der Waals surface area (Å²) in [5, 5.41) is 6.49. The molecule has 2 saturated heterocycles. The molecule has 2 aliphatic heterocycles. The number of rotatable bonds is 2. The van der Waals surface area contributed by atoms with Gasteiger partial charge < -0.3 is 15.5 Å². The van der Waals surface area contributed by atoms with Crippen LogP contribution < -0.4 is 10.6 Å². The van der Waals surface area contributed by atoms with Crippen LogP contribution in [-0.2, 0) is 4.79 Å². The molecule has 0 aromatic carbocycles. The van der Waals surface area contributed by atoms with Crippen LogP contribution in [0.3, 0.4) is 0 Å². The van der Waals surface area contributed by atoms with E-state index in [9.17, 15) is 4.79 Å². The minimum atomic E-state index is 0.202. The first-order valence-corrected chi connectivity index (χ1v) is 6.45. The Balaban J connectivity index is 1.73. The highest BCUT2D eigenvalue weighted by atomic mass is 16.2. The number of carbonyl (C=O) groups excluding carboxylic acids is 1. The molecule has 4 nitrogen and oxygen atoms in total. The van der Waals surface area contributed by atoms with Crippen LogP contribution in [0.15, 0.2) is 0 Å². The van der Waals surface area contributed by atoms with Crippen molar-refractivity contribution in [1.82, 2.24) is 15.5 Å². The highest BCUT2D eigenvalue weighted by Gasteiger charge is 2.24. The van der Waals surface area contributed by atoms with Crippen molar-refractivity contribution in [3.63, 3.8) is 0 Å². The molecule has 1 amide bonds. The summed E-state index contributed by atoms with van der Waals surface area (Å²) in [6.45, 7) is 4.14. The summed E-state index contributed by atoms with van der Waals surface area (Å²) in [4.78, 5) is 14.3. The molecule has 92 valence electrons. The average molecular weight is 225 g/mol. The van der Waals surface area contributed by atoms with Crippen LogP contribution in [0.2, 0.25) is 0 Å². The van der Waals surface area contributed by atoms with Crippen LogP contribution in [0.1, 0.15) is 25.7 Å². The zero-order chi connectivity index (χ0) is 11.4. The molecule has 0 aromatic heterocycles. The lowest BCUT2D eigenvalue weighted by molar-refractivity contribution is -0.126. The Kier molecular flexibility index (Phi) is 4.18. The Morgan fingerprint density at radius 2 is 2.06 bits per heavy atom. The van der Waals surface area contributed by atoms with Gasteiger partial charge in [0.05, 0.1) is 5.92 Å². The van der Waals surface area contributed by atoms with Gasteiger partial charge in [0.25, 0.3) is 0 Å². The quantitative estimate of drug-likeness (QED) is 0.705. The van der Waals surface area contributed by atoms with E-state index in [1.807, 2.05) is 0 Å². The fraction of sp³-hybridized carbons (Fsp3) is 0.917. The SMILES string of the molecule is CN1CCC(NC(=O)[C@H]2CCCNC2)CC1. The zero-order valence-corrected chi connectivity index (χ0v) is 10.2. The van der Waals surface area contributed by atoms with Crippen molar-refractivity contribution in [1.29, 1.82) is 0 Å². The van der Waals surface area contributed by atoms with E-state index in [4.69, 9.17) is 0 Å². The predicted octanol–water partition coefficient (Wildman–Crippen LogP) is 0.196. The van der Waals surface area contributed by atoms with Gasteiger partial charge in [-0.05, 0) is 52.4 Å². The molecule has 0 bridgehead atoms. The lowest BCUT2D eigenvalue weighted by Crippen LogP contribution is -2.48. The standard InChI is InChI=1S/C12H23N3O/c1-15-7-4-11(5-8-15)14-12(16)10-3-2-6-13-9-10/h10-11,13H,2-9H2,1H3,(H,14,16)/t10-/m0/s1. The largest absolute Gasteiger partial charge is 0.353 e. The molecule has 1 atom stereocenters. The van der Waals surface area contributed by atoms with Gasteiger partial charge in [-0.3, -0.25) is 4.79 Å². The van der Waals surface area contributed by atoms with Crippen LogP contribution in [-0.4, -0.2) is 50.1 Å². The molecule has 2 aliphatic rings. The number of amides is 1. The third-order valence-corrected chi connectivity index (χ3v) is 3.73. The van der Waals surface area contributed by atoms with E-state index >= 15 is 0 Å². The minimum absolute atomic E-state index is 0.202. The van der Waals surface area contributed by atoms with Crippen molar-refractivity contribution in [2.75, 3.05) is 33.2 Å². The Morgan fingerprint density at radius 1 is 1.31 bits per heavy atom. The molecule has 4 heteroatoms. The summed E-state index contributed by atoms with van der Waals surface area (Å²) >= 11 is 0. The summed E-state index contributed by atoms with van der Waals surface area (Å²) in [5.74, 6) is 0.468. The van der Waals surface area contributed by atoms with E-state index in [-0.39, 0.29) is 11.8 Å². The van der Waals surface area contributed by atoms with Gasteiger partial charge in [-0.1, -0.05) is 0 Å². The second-order valence-electron chi connectivity index (χ2n) is 5.13. The second kappa shape index (κ2) is 5.64. The number of nitrogens with zero attached hydrogens (tertiary/aromatic N) is 1. The van der Waals surface area contributed by atoms with Crippen molar-refractivity contribution in [3.8, 4) is 0 Å². The molecule has 2 heterocycles. The van der Waals surface area contributed by atoms with Crippen LogP contribution in [0.5, 0.6) is 0 Å². The fourth-order valence-electron chi connectivity index (χ4n) is 2.55. The average Bonchev–Trinajstić information content (AvgIpc) is 2.33. The van der Waals surface area contributed by atoms with Gasteiger partial charge >= 0.3 is 0 Å². The number of nitrogens with one attached hydrogen (secondary N) is 2. The Hall–Kier alpha value is -0.610. The van der Waals surface area contributed by atoms with Gasteiger partial charge in [-0.25, -0.2) is 0 Å². The number of piperidine rings is 2. The fourth-order valence-corrected chi connectivity index (χ4v) is 2.55. The first kappa shape index (κ1) is 11.9. The summed E-state index contributed by atoms with van der Waals surface area (Å²) in [6.07, 6.45) is 4.38. The van der Waals surface area contributed by atoms with Gasteiger partial charge in [0, 0.05) is 12.6 Å². The van der Waals surface area contributed by atoms with Gasteiger partial charge in [0.1, 0.15) is 0 Å². The van der Waals surface area contributed by atoms with Gasteiger partial charge in [-0.15, -0.1) is 0 Å². The molecule has 0 radical (unpaired) electrons. The molecule has 0 unspecified atom stereocenters. The van der Waals surface area contributed by atoms with Gasteiger partial charge in [0.2, 0.25) is 5.91 Å². The predicted molar refractivity (Wildman–Crippen MR) is 64.3 cm³/mol. The molecule has 2 fully saturated rings. The maximum Gasteiger partial charge on any atom is 0.224 e. The van der Waals surface area contributed by atoms with Gasteiger partial charge in [0.15, 0.2) is 0 Å². The summed E-state index contributed by atoms with van der Waals surface area (Å²) < 4.78 is 0. The van der Waals surface area contributed by atoms with Crippen molar-refractivity contribution in [2.45, 2.75) is 31.7 Å². The van der Waals surface area contributed by atoms with Crippen molar-refractivity contribution < 1.29 is 4.79 Å². The van der Waals surface area contributed by atoms with E-state index < -0.39 is 0 Å². The molecular weight excluding hydrogens is 202 g/mol. The van der Waals surface area contributed by atoms with E-state index in [2.05, 4.69) is 22.6 Å². The van der Waals surface area contributed by atoms with Crippen molar-refractivity contribution >= 4 is 5.91 Å². The third kappa shape index (κ3) is 3.19. The molecule has 2 N–H and O–H groups in total. The summed E-state index contributed by atoms with van der Waals surface area (Å²) in [6, 6.07) is 0.408.